The van der Waals surface area contributed by atoms with Crippen LogP contribution in [0.2, 0.25) is 0 Å². The highest BCUT2D eigenvalue weighted by molar-refractivity contribution is 5.88. The highest BCUT2D eigenvalue weighted by Gasteiger charge is 1.93. The van der Waals surface area contributed by atoms with E-state index in [0.717, 1.165) is 11.3 Å². The van der Waals surface area contributed by atoms with Crippen molar-refractivity contribution in [3.05, 3.63) is 29.8 Å². The van der Waals surface area contributed by atoms with Crippen molar-refractivity contribution in [2.45, 2.75) is 13.3 Å². The van der Waals surface area contributed by atoms with Crippen molar-refractivity contribution >= 4 is 11.6 Å². The second-order valence-electron chi connectivity index (χ2n) is 2.90. The average molecular weight is 198 g/mol. The normalized spacial score (nSPS) is 8.27. The molecule has 0 fully saturated rings. The molecule has 1 N–H and O–H groups in total. The Morgan fingerprint density at radius 2 is 2.07 bits per heavy atom. The molecule has 1 rings (SSSR count). The van der Waals surface area contributed by atoms with Gasteiger partial charge in [0.25, 0.3) is 0 Å². The van der Waals surface area contributed by atoms with Gasteiger partial charge in [-0.1, -0.05) is 11.8 Å². The maximum atomic E-state index is 10.7. The molecule has 0 aliphatic heterocycles. The summed E-state index contributed by atoms with van der Waals surface area (Å²) in [5, 5.41) is 10.9. The van der Waals surface area contributed by atoms with Gasteiger partial charge in [0, 0.05) is 18.2 Å². The summed E-state index contributed by atoms with van der Waals surface area (Å²) in [4.78, 5) is 10.7. The second kappa shape index (κ2) is 5.47. The molecule has 3 nitrogen and oxygen atoms in total. The van der Waals surface area contributed by atoms with E-state index in [4.69, 9.17) is 5.26 Å². The highest BCUT2D eigenvalue weighted by atomic mass is 16.1. The lowest BCUT2D eigenvalue weighted by Gasteiger charge is -2.00. The van der Waals surface area contributed by atoms with Crippen molar-refractivity contribution in [1.29, 1.82) is 5.26 Å². The Morgan fingerprint density at radius 3 is 2.60 bits per heavy atom. The van der Waals surface area contributed by atoms with E-state index in [1.807, 2.05) is 6.07 Å². The van der Waals surface area contributed by atoms with Gasteiger partial charge in [0.2, 0.25) is 5.91 Å². The molecule has 0 heterocycles. The van der Waals surface area contributed by atoms with E-state index < -0.39 is 0 Å². The van der Waals surface area contributed by atoms with Gasteiger partial charge >= 0.3 is 0 Å². The summed E-state index contributed by atoms with van der Waals surface area (Å²) < 4.78 is 0. The van der Waals surface area contributed by atoms with Crippen molar-refractivity contribution in [3.8, 4) is 17.9 Å². The summed E-state index contributed by atoms with van der Waals surface area (Å²) >= 11 is 0. The Labute approximate surface area is 88.7 Å². The van der Waals surface area contributed by atoms with E-state index >= 15 is 0 Å². The van der Waals surface area contributed by atoms with Crippen LogP contribution in [0, 0.1) is 23.2 Å². The van der Waals surface area contributed by atoms with Crippen molar-refractivity contribution in [1.82, 2.24) is 0 Å². The third-order valence-corrected chi connectivity index (χ3v) is 1.61. The van der Waals surface area contributed by atoms with Crippen LogP contribution < -0.4 is 5.32 Å². The van der Waals surface area contributed by atoms with E-state index in [1.165, 1.54) is 6.92 Å². The number of hydrogen-bond acceptors (Lipinski definition) is 2. The summed E-state index contributed by atoms with van der Waals surface area (Å²) in [6.45, 7) is 1.46. The predicted octanol–water partition coefficient (Wildman–Crippen LogP) is 1.91. The zero-order valence-electron chi connectivity index (χ0n) is 8.37. The Kier molecular flexibility index (Phi) is 3.94. The third kappa shape index (κ3) is 3.97. The lowest BCUT2D eigenvalue weighted by Crippen LogP contribution is -2.05. The minimum absolute atomic E-state index is 0.0988. The molecule has 0 spiro atoms. The molecule has 0 saturated carbocycles. The van der Waals surface area contributed by atoms with Crippen LogP contribution in [0.1, 0.15) is 18.9 Å². The van der Waals surface area contributed by atoms with Crippen LogP contribution in [-0.2, 0) is 4.79 Å². The zero-order chi connectivity index (χ0) is 11.1. The molecule has 3 heteroatoms. The molecule has 0 aromatic heterocycles. The lowest BCUT2D eigenvalue weighted by atomic mass is 10.2. The van der Waals surface area contributed by atoms with E-state index in [2.05, 4.69) is 17.2 Å². The highest BCUT2D eigenvalue weighted by Crippen LogP contribution is 2.08. The van der Waals surface area contributed by atoms with Crippen LogP contribution in [0.3, 0.4) is 0 Å². The monoisotopic (exact) mass is 198 g/mol. The van der Waals surface area contributed by atoms with Gasteiger partial charge in [0.1, 0.15) is 0 Å². The smallest absolute Gasteiger partial charge is 0.221 e. The molecule has 1 aromatic rings. The lowest BCUT2D eigenvalue weighted by molar-refractivity contribution is -0.114. The van der Waals surface area contributed by atoms with Crippen LogP contribution in [0.4, 0.5) is 5.69 Å². The number of amides is 1. The summed E-state index contributed by atoms with van der Waals surface area (Å²) in [5.74, 6) is 5.46. The van der Waals surface area contributed by atoms with Crippen LogP contribution >= 0.6 is 0 Å². The van der Waals surface area contributed by atoms with Crippen molar-refractivity contribution in [2.75, 3.05) is 5.32 Å². The van der Waals surface area contributed by atoms with Crippen LogP contribution in [0.25, 0.3) is 0 Å². The molecule has 0 unspecified atom stereocenters. The summed E-state index contributed by atoms with van der Waals surface area (Å²) in [6, 6.07) is 9.10. The number of nitrogens with zero attached hydrogens (tertiary/aromatic N) is 1. The molecule has 0 radical (unpaired) electrons. The Balaban J connectivity index is 2.70. The predicted molar refractivity (Wildman–Crippen MR) is 57.9 cm³/mol. The zero-order valence-corrected chi connectivity index (χ0v) is 8.37. The maximum Gasteiger partial charge on any atom is 0.221 e. The second-order valence-corrected chi connectivity index (χ2v) is 2.90. The SMILES string of the molecule is CC(=O)Nc1ccc(C#CCC#N)cc1. The maximum absolute atomic E-state index is 10.7. The topological polar surface area (TPSA) is 52.9 Å². The molecule has 74 valence electrons. The molecule has 1 amide bonds. The van der Waals surface area contributed by atoms with E-state index in [-0.39, 0.29) is 12.3 Å². The van der Waals surface area contributed by atoms with Crippen LogP contribution in [0.15, 0.2) is 24.3 Å². The van der Waals surface area contributed by atoms with Crippen LogP contribution in [0.5, 0.6) is 0 Å². The largest absolute Gasteiger partial charge is 0.326 e. The van der Waals surface area contributed by atoms with Gasteiger partial charge in [-0.15, -0.1) is 0 Å². The number of rotatable bonds is 1. The molecule has 1 aromatic carbocycles. The number of nitriles is 1. The first-order chi connectivity index (χ1) is 7.22. The molecular formula is C12H10N2O. The quantitative estimate of drug-likeness (QED) is 0.701. The van der Waals surface area contributed by atoms with Crippen molar-refractivity contribution in [3.63, 3.8) is 0 Å². The van der Waals surface area contributed by atoms with Crippen molar-refractivity contribution < 1.29 is 4.79 Å². The summed E-state index contributed by atoms with van der Waals surface area (Å²) in [6.07, 6.45) is 0.230. The molecule has 0 saturated heterocycles. The van der Waals surface area contributed by atoms with Crippen LogP contribution in [-0.4, -0.2) is 5.91 Å². The Morgan fingerprint density at radius 1 is 1.40 bits per heavy atom. The van der Waals surface area contributed by atoms with Gasteiger partial charge in [-0.2, -0.15) is 5.26 Å². The molecule has 0 atom stereocenters. The Bertz CT molecular complexity index is 443. The first-order valence-electron chi connectivity index (χ1n) is 4.46. The number of hydrogen-bond donors (Lipinski definition) is 1. The molecular weight excluding hydrogens is 188 g/mol. The fourth-order valence-corrected chi connectivity index (χ4v) is 1.03. The first-order valence-corrected chi connectivity index (χ1v) is 4.46. The van der Waals surface area contributed by atoms with E-state index in [1.54, 1.807) is 24.3 Å². The van der Waals surface area contributed by atoms with E-state index in [0.29, 0.717) is 0 Å². The van der Waals surface area contributed by atoms with Gasteiger partial charge in [-0.3, -0.25) is 4.79 Å². The summed E-state index contributed by atoms with van der Waals surface area (Å²) in [7, 11) is 0. The van der Waals surface area contributed by atoms with Crippen molar-refractivity contribution in [2.24, 2.45) is 0 Å². The fourth-order valence-electron chi connectivity index (χ4n) is 1.03. The van der Waals surface area contributed by atoms with Gasteiger partial charge < -0.3 is 5.32 Å². The minimum Gasteiger partial charge on any atom is -0.326 e. The number of benzene rings is 1. The Hall–Kier alpha value is -2.26. The first kappa shape index (κ1) is 10.8. The van der Waals surface area contributed by atoms with Gasteiger partial charge in [-0.25, -0.2) is 0 Å². The third-order valence-electron chi connectivity index (χ3n) is 1.61. The summed E-state index contributed by atoms with van der Waals surface area (Å²) in [5.41, 5.74) is 1.58. The fraction of sp³-hybridized carbons (Fsp3) is 0.167. The molecule has 15 heavy (non-hydrogen) atoms. The van der Waals surface area contributed by atoms with Gasteiger partial charge in [0.05, 0.1) is 12.5 Å². The molecule has 0 aliphatic carbocycles. The minimum atomic E-state index is -0.0988. The van der Waals surface area contributed by atoms with Gasteiger partial charge in [-0.05, 0) is 24.3 Å². The average Bonchev–Trinajstić information content (AvgIpc) is 2.20. The van der Waals surface area contributed by atoms with E-state index in [9.17, 15) is 4.79 Å². The molecule has 0 aliphatic rings. The number of carbonyl (C=O) groups excluding carboxylic acids is 1. The number of anilines is 1. The van der Waals surface area contributed by atoms with Gasteiger partial charge in [0.15, 0.2) is 0 Å². The molecule has 0 bridgehead atoms. The number of nitrogens with one attached hydrogen (secondary N) is 1. The number of carbonyl (C=O) groups is 1. The standard InChI is InChI=1S/C12H10N2O/c1-10(15)14-12-7-5-11(6-8-12)4-2-3-9-13/h5-8H,3H2,1H3,(H,14,15).